The number of ether oxygens (including phenoxy) is 1. The number of halogens is 1. The van der Waals surface area contributed by atoms with Crippen molar-refractivity contribution in [2.75, 3.05) is 19.7 Å². The smallest absolute Gasteiger partial charge is 0.145 e. The van der Waals surface area contributed by atoms with Crippen LogP contribution in [0.15, 0.2) is 29.3 Å². The maximum atomic E-state index is 5.83. The van der Waals surface area contributed by atoms with Gasteiger partial charge in [0.25, 0.3) is 0 Å². The van der Waals surface area contributed by atoms with Crippen LogP contribution in [0.5, 0.6) is 5.75 Å². The molecule has 4 heteroatoms. The highest BCUT2D eigenvalue weighted by molar-refractivity contribution is 5.85. The van der Waals surface area contributed by atoms with Gasteiger partial charge in [-0.05, 0) is 30.4 Å². The van der Waals surface area contributed by atoms with Crippen LogP contribution in [0, 0.1) is 0 Å². The average molecular weight is 253 g/mol. The van der Waals surface area contributed by atoms with E-state index in [1.165, 1.54) is 18.4 Å². The summed E-state index contributed by atoms with van der Waals surface area (Å²) in [5, 5.41) is 3.22. The second-order valence-corrected chi connectivity index (χ2v) is 4.36. The minimum atomic E-state index is 0. The molecule has 0 bridgehead atoms. The van der Waals surface area contributed by atoms with Crippen LogP contribution in [0.2, 0.25) is 0 Å². The van der Waals surface area contributed by atoms with Crippen molar-refractivity contribution in [1.82, 2.24) is 5.32 Å². The molecule has 92 valence electrons. The molecule has 0 spiro atoms. The van der Waals surface area contributed by atoms with Gasteiger partial charge in [0.2, 0.25) is 0 Å². The van der Waals surface area contributed by atoms with Crippen molar-refractivity contribution in [3.63, 3.8) is 0 Å². The first-order valence-corrected chi connectivity index (χ1v) is 5.92. The van der Waals surface area contributed by atoms with Gasteiger partial charge >= 0.3 is 0 Å². The number of aliphatic imine (C=N–C) groups is 1. The van der Waals surface area contributed by atoms with Gasteiger partial charge in [-0.15, -0.1) is 12.4 Å². The monoisotopic (exact) mass is 252 g/mol. The van der Waals surface area contributed by atoms with Crippen LogP contribution < -0.4 is 10.1 Å². The lowest BCUT2D eigenvalue weighted by atomic mass is 10.1. The van der Waals surface area contributed by atoms with Crippen molar-refractivity contribution in [2.24, 2.45) is 4.99 Å². The van der Waals surface area contributed by atoms with Crippen LogP contribution >= 0.6 is 12.4 Å². The Morgan fingerprint density at radius 1 is 1.29 bits per heavy atom. The van der Waals surface area contributed by atoms with Gasteiger partial charge in [0.1, 0.15) is 18.2 Å². The number of rotatable bonds is 4. The third kappa shape index (κ3) is 2.91. The molecule has 1 fully saturated rings. The molecule has 17 heavy (non-hydrogen) atoms. The van der Waals surface area contributed by atoms with Crippen molar-refractivity contribution < 1.29 is 4.74 Å². The fraction of sp³-hybridized carbons (Fsp3) is 0.462. The van der Waals surface area contributed by atoms with Crippen molar-refractivity contribution in [2.45, 2.75) is 18.8 Å². The summed E-state index contributed by atoms with van der Waals surface area (Å²) in [4.78, 5) is 4.32. The number of hydrogen-bond donors (Lipinski definition) is 1. The molecule has 3 rings (SSSR count). The highest BCUT2D eigenvalue weighted by Gasteiger charge is 2.26. The number of hydrogen-bond acceptors (Lipinski definition) is 3. The zero-order chi connectivity index (χ0) is 10.8. The fourth-order valence-electron chi connectivity index (χ4n) is 2.03. The highest BCUT2D eigenvalue weighted by atomic mass is 35.5. The zero-order valence-electron chi connectivity index (χ0n) is 9.69. The highest BCUT2D eigenvalue weighted by Crippen LogP contribution is 2.44. The van der Waals surface area contributed by atoms with Crippen LogP contribution in [0.1, 0.15) is 24.3 Å². The lowest BCUT2D eigenvalue weighted by Crippen LogP contribution is -2.25. The molecule has 1 aromatic rings. The number of nitrogens with one attached hydrogen (secondary N) is 1. The zero-order valence-corrected chi connectivity index (χ0v) is 10.5. The molecule has 1 aliphatic carbocycles. The second kappa shape index (κ2) is 5.41. The molecule has 1 saturated carbocycles. The number of benzene rings is 1. The summed E-state index contributed by atoms with van der Waals surface area (Å²) >= 11 is 0. The molecule has 3 nitrogen and oxygen atoms in total. The Morgan fingerprint density at radius 2 is 2.12 bits per heavy atom. The number of para-hydroxylation sites is 1. The van der Waals surface area contributed by atoms with E-state index in [0.29, 0.717) is 6.61 Å². The maximum absolute atomic E-state index is 5.83. The van der Waals surface area contributed by atoms with Gasteiger partial charge < -0.3 is 10.1 Å². The summed E-state index contributed by atoms with van der Waals surface area (Å²) < 4.78 is 5.83. The molecule has 1 aromatic carbocycles. The van der Waals surface area contributed by atoms with Gasteiger partial charge in [0.05, 0.1) is 6.54 Å². The molecule has 2 aliphatic rings. The SMILES string of the molecule is Cl.c1ccc(C2CC2)c(OCC2=NCCN2)c1. The molecule has 0 saturated heterocycles. The van der Waals surface area contributed by atoms with Crippen molar-refractivity contribution in [3.05, 3.63) is 29.8 Å². The standard InChI is InChI=1S/C13H16N2O.ClH/c1-2-4-12(11(3-1)10-5-6-10)16-9-13-14-7-8-15-13;/h1-4,10H,5-9H2,(H,14,15);1H. The van der Waals surface area contributed by atoms with E-state index in [2.05, 4.69) is 28.5 Å². The van der Waals surface area contributed by atoms with E-state index in [1.54, 1.807) is 0 Å². The molecule has 1 heterocycles. The Kier molecular flexibility index (Phi) is 3.89. The third-order valence-corrected chi connectivity index (χ3v) is 3.04. The van der Waals surface area contributed by atoms with Crippen molar-refractivity contribution in [1.29, 1.82) is 0 Å². The molecular formula is C13H17ClN2O. The van der Waals surface area contributed by atoms with E-state index in [9.17, 15) is 0 Å². The Balaban J connectivity index is 0.00000108. The van der Waals surface area contributed by atoms with E-state index in [-0.39, 0.29) is 12.4 Å². The van der Waals surface area contributed by atoms with Crippen molar-refractivity contribution >= 4 is 18.2 Å². The number of nitrogens with zero attached hydrogens (tertiary/aromatic N) is 1. The first-order chi connectivity index (χ1) is 7.93. The predicted octanol–water partition coefficient (Wildman–Crippen LogP) is 2.37. The van der Waals surface area contributed by atoms with E-state index in [4.69, 9.17) is 4.74 Å². The lowest BCUT2D eigenvalue weighted by molar-refractivity contribution is 0.369. The summed E-state index contributed by atoms with van der Waals surface area (Å²) in [6, 6.07) is 8.36. The molecule has 1 aliphatic heterocycles. The normalized spacial score (nSPS) is 18.0. The summed E-state index contributed by atoms with van der Waals surface area (Å²) in [5.74, 6) is 2.74. The molecular weight excluding hydrogens is 236 g/mol. The Hall–Kier alpha value is -1.22. The minimum absolute atomic E-state index is 0. The molecule has 0 unspecified atom stereocenters. The van der Waals surface area contributed by atoms with Crippen LogP contribution in [0.4, 0.5) is 0 Å². The maximum Gasteiger partial charge on any atom is 0.145 e. The van der Waals surface area contributed by atoms with Crippen molar-refractivity contribution in [3.8, 4) is 5.75 Å². The summed E-state index contributed by atoms with van der Waals surface area (Å²) in [6.45, 7) is 2.40. The van der Waals surface area contributed by atoms with Gasteiger partial charge in [-0.2, -0.15) is 0 Å². The molecule has 0 amide bonds. The average Bonchev–Trinajstić information content (AvgIpc) is 3.04. The first-order valence-electron chi connectivity index (χ1n) is 5.92. The van der Waals surface area contributed by atoms with Gasteiger partial charge in [0.15, 0.2) is 0 Å². The van der Waals surface area contributed by atoms with E-state index in [0.717, 1.165) is 30.6 Å². The Morgan fingerprint density at radius 3 is 2.82 bits per heavy atom. The Labute approximate surface area is 108 Å². The van der Waals surface area contributed by atoms with E-state index < -0.39 is 0 Å². The topological polar surface area (TPSA) is 33.6 Å². The fourth-order valence-corrected chi connectivity index (χ4v) is 2.03. The molecule has 0 aromatic heterocycles. The Bertz CT molecular complexity index is 416. The van der Waals surface area contributed by atoms with E-state index in [1.807, 2.05) is 6.07 Å². The largest absolute Gasteiger partial charge is 0.485 e. The van der Waals surface area contributed by atoms with Gasteiger partial charge in [-0.1, -0.05) is 18.2 Å². The molecule has 0 radical (unpaired) electrons. The van der Waals surface area contributed by atoms with Crippen LogP contribution in [-0.2, 0) is 0 Å². The quantitative estimate of drug-likeness (QED) is 0.893. The second-order valence-electron chi connectivity index (χ2n) is 4.36. The van der Waals surface area contributed by atoms with Gasteiger partial charge in [-0.3, -0.25) is 4.99 Å². The van der Waals surface area contributed by atoms with Gasteiger partial charge in [-0.25, -0.2) is 0 Å². The predicted molar refractivity (Wildman–Crippen MR) is 71.5 cm³/mol. The van der Waals surface area contributed by atoms with Crippen LogP contribution in [0.3, 0.4) is 0 Å². The van der Waals surface area contributed by atoms with Crippen LogP contribution in [-0.4, -0.2) is 25.5 Å². The number of amidine groups is 1. The summed E-state index contributed by atoms with van der Waals surface area (Å²) in [6.07, 6.45) is 2.61. The first kappa shape index (κ1) is 12.2. The summed E-state index contributed by atoms with van der Waals surface area (Å²) in [7, 11) is 0. The lowest BCUT2D eigenvalue weighted by Gasteiger charge is -2.10. The van der Waals surface area contributed by atoms with E-state index >= 15 is 0 Å². The minimum Gasteiger partial charge on any atom is -0.485 e. The third-order valence-electron chi connectivity index (χ3n) is 3.04. The molecule has 0 atom stereocenters. The van der Waals surface area contributed by atoms with Gasteiger partial charge in [0, 0.05) is 6.54 Å². The van der Waals surface area contributed by atoms with Crippen LogP contribution in [0.25, 0.3) is 0 Å². The molecule has 1 N–H and O–H groups in total. The summed E-state index contributed by atoms with van der Waals surface area (Å²) in [5.41, 5.74) is 1.36.